The highest BCUT2D eigenvalue weighted by Gasteiger charge is 2.30. The minimum atomic E-state index is -1.67. The third kappa shape index (κ3) is 2.31. The molecule has 0 unspecified atom stereocenters. The minimum Gasteiger partial charge on any atom is -0.480 e. The second-order valence-corrected chi connectivity index (χ2v) is 2.98. The zero-order valence-corrected chi connectivity index (χ0v) is 8.07. The molecule has 0 heterocycles. The summed E-state index contributed by atoms with van der Waals surface area (Å²) >= 11 is 0. The van der Waals surface area contributed by atoms with Crippen molar-refractivity contribution >= 4 is 18.2 Å². The monoisotopic (exact) mass is 220 g/mol. The Morgan fingerprint density at radius 1 is 1.25 bits per heavy atom. The molecule has 1 aromatic carbocycles. The summed E-state index contributed by atoms with van der Waals surface area (Å²) in [6.45, 7) is 0. The molecule has 2 N–H and O–H groups in total. The molecule has 1 rings (SSSR count). The van der Waals surface area contributed by atoms with E-state index in [9.17, 15) is 9.59 Å². The molecule has 16 heavy (non-hydrogen) atoms. The van der Waals surface area contributed by atoms with Gasteiger partial charge in [-0.2, -0.15) is 4.79 Å². The topological polar surface area (TPSA) is 111 Å². The zero-order valence-electron chi connectivity index (χ0n) is 8.07. The molecule has 0 amide bonds. The van der Waals surface area contributed by atoms with E-state index in [1.165, 1.54) is 18.2 Å². The van der Waals surface area contributed by atoms with E-state index < -0.39 is 17.9 Å². The highest BCUT2D eigenvalue weighted by molar-refractivity contribution is 6.01. The second-order valence-electron chi connectivity index (χ2n) is 2.98. The van der Waals surface area contributed by atoms with Gasteiger partial charge in [0.2, 0.25) is 0 Å². The lowest BCUT2D eigenvalue weighted by molar-refractivity contribution is -0.150. The van der Waals surface area contributed by atoms with Crippen molar-refractivity contribution in [3.63, 3.8) is 0 Å². The van der Waals surface area contributed by atoms with Gasteiger partial charge in [0, 0.05) is 0 Å². The maximum absolute atomic E-state index is 10.8. The number of hydrogen-bond acceptors (Lipinski definition) is 2. The number of nitrogens with zero attached hydrogens (tertiary/aromatic N) is 2. The third-order valence-corrected chi connectivity index (χ3v) is 2.00. The maximum atomic E-state index is 10.8. The van der Waals surface area contributed by atoms with Gasteiger partial charge in [0.25, 0.3) is 6.21 Å². The summed E-state index contributed by atoms with van der Waals surface area (Å²) in [6.07, 6.45) is 0.994. The van der Waals surface area contributed by atoms with Crippen LogP contribution in [0.1, 0.15) is 17.0 Å². The Bertz CT molecular complexity index is 463. The number of hydrogen-bond donors (Lipinski definition) is 2. The average Bonchev–Trinajstić information content (AvgIpc) is 2.20. The van der Waals surface area contributed by atoms with Crippen LogP contribution >= 0.6 is 0 Å². The number of rotatable bonds is 4. The molecule has 0 atom stereocenters. The fraction of sp³-hybridized carbons (Fsp3) is 0.100. The fourth-order valence-electron chi connectivity index (χ4n) is 1.33. The van der Waals surface area contributed by atoms with Crippen molar-refractivity contribution in [2.75, 3.05) is 0 Å². The summed E-state index contributed by atoms with van der Waals surface area (Å²) in [4.78, 5) is 24.4. The predicted octanol–water partition coefficient (Wildman–Crippen LogP) is 0.588. The molecule has 0 aliphatic carbocycles. The molecule has 82 valence electrons. The largest absolute Gasteiger partial charge is 0.480 e. The highest BCUT2D eigenvalue weighted by Crippen LogP contribution is 2.19. The molecular weight excluding hydrogens is 212 g/mol. The van der Waals surface area contributed by atoms with E-state index in [2.05, 4.69) is 4.79 Å². The van der Waals surface area contributed by atoms with Crippen LogP contribution in [0.3, 0.4) is 0 Å². The van der Waals surface area contributed by atoms with E-state index in [0.29, 0.717) is 0 Å². The first-order valence-electron chi connectivity index (χ1n) is 4.30. The predicted molar refractivity (Wildman–Crippen MR) is 53.2 cm³/mol. The smallest absolute Gasteiger partial charge is 0.322 e. The number of carbonyl (C=O) groups is 2. The van der Waals surface area contributed by atoms with Gasteiger partial charge in [0.05, 0.1) is 5.56 Å². The zero-order chi connectivity index (χ0) is 12.1. The number of carboxylic acid groups (broad SMARTS) is 2. The van der Waals surface area contributed by atoms with Crippen LogP contribution in [0.4, 0.5) is 0 Å². The third-order valence-electron chi connectivity index (χ3n) is 2.00. The lowest BCUT2D eigenvalue weighted by atomic mass is 9.95. The van der Waals surface area contributed by atoms with E-state index in [0.717, 1.165) is 6.21 Å². The minimum absolute atomic E-state index is 0.0697. The van der Waals surface area contributed by atoms with Crippen molar-refractivity contribution < 1.29 is 24.6 Å². The molecule has 0 saturated carbocycles. The standard InChI is InChI=1S/C10H8N2O4/c11-12-5-6-3-1-2-4-7(6)8(9(13)14)10(15)16/h1-5,8H,(H,13,14)(H,15,16). The van der Waals surface area contributed by atoms with E-state index in [1.54, 1.807) is 6.07 Å². The Kier molecular flexibility index (Phi) is 3.53. The molecule has 0 fully saturated rings. The molecule has 6 heteroatoms. The van der Waals surface area contributed by atoms with Gasteiger partial charge in [0.15, 0.2) is 5.92 Å². The van der Waals surface area contributed by atoms with Crippen molar-refractivity contribution in [1.29, 1.82) is 0 Å². The Morgan fingerprint density at radius 3 is 2.31 bits per heavy atom. The van der Waals surface area contributed by atoms with Crippen LogP contribution in [0, 0.1) is 0 Å². The van der Waals surface area contributed by atoms with Gasteiger partial charge in [-0.25, -0.2) is 0 Å². The van der Waals surface area contributed by atoms with Crippen molar-refractivity contribution in [2.24, 2.45) is 0 Å². The normalized spacial score (nSPS) is 9.56. The van der Waals surface area contributed by atoms with Crippen LogP contribution in [0.2, 0.25) is 0 Å². The van der Waals surface area contributed by atoms with Crippen molar-refractivity contribution in [3.8, 4) is 0 Å². The summed E-state index contributed by atoms with van der Waals surface area (Å²) in [7, 11) is 0. The molecular formula is C10H8N2O4. The summed E-state index contributed by atoms with van der Waals surface area (Å²) in [6, 6.07) is 5.93. The lowest BCUT2D eigenvalue weighted by Crippen LogP contribution is -2.22. The van der Waals surface area contributed by atoms with Crippen LogP contribution in [0.5, 0.6) is 0 Å². The Morgan fingerprint density at radius 2 is 1.81 bits per heavy atom. The molecule has 0 radical (unpaired) electrons. The lowest BCUT2D eigenvalue weighted by Gasteiger charge is -2.08. The van der Waals surface area contributed by atoms with Crippen molar-refractivity contribution in [1.82, 2.24) is 0 Å². The Hall–Kier alpha value is -2.46. The molecule has 1 aromatic rings. The van der Waals surface area contributed by atoms with Gasteiger partial charge in [-0.3, -0.25) is 9.59 Å². The first-order chi connectivity index (χ1) is 7.57. The van der Waals surface area contributed by atoms with Gasteiger partial charge in [-0.15, -0.1) is 0 Å². The first-order valence-corrected chi connectivity index (χ1v) is 4.30. The molecule has 0 saturated heterocycles. The molecule has 0 aliphatic heterocycles. The van der Waals surface area contributed by atoms with Gasteiger partial charge in [0.1, 0.15) is 0 Å². The molecule has 0 spiro atoms. The maximum Gasteiger partial charge on any atom is 0.322 e. The van der Waals surface area contributed by atoms with Crippen molar-refractivity contribution in [3.05, 3.63) is 40.9 Å². The highest BCUT2D eigenvalue weighted by atomic mass is 16.4. The van der Waals surface area contributed by atoms with E-state index in [1.807, 2.05) is 0 Å². The summed E-state index contributed by atoms with van der Waals surface area (Å²) in [5.74, 6) is -4.60. The van der Waals surface area contributed by atoms with Crippen LogP contribution in [0.25, 0.3) is 5.53 Å². The van der Waals surface area contributed by atoms with Crippen LogP contribution in [-0.4, -0.2) is 33.2 Å². The first kappa shape index (κ1) is 11.6. The molecule has 0 aromatic heterocycles. The number of benzene rings is 1. The number of carboxylic acids is 2. The van der Waals surface area contributed by atoms with Crippen LogP contribution in [-0.2, 0) is 9.59 Å². The summed E-state index contributed by atoms with van der Waals surface area (Å²) in [5, 5.41) is 17.6. The Labute approximate surface area is 90.4 Å². The average molecular weight is 220 g/mol. The molecule has 0 bridgehead atoms. The van der Waals surface area contributed by atoms with Crippen LogP contribution in [0.15, 0.2) is 24.3 Å². The van der Waals surface area contributed by atoms with Gasteiger partial charge in [-0.05, 0) is 11.6 Å². The Balaban J connectivity index is 3.34. The SMILES string of the molecule is [N-]=[N+]=Cc1ccccc1C(C(=O)O)C(=O)O. The van der Waals surface area contributed by atoms with Gasteiger partial charge in [-0.1, -0.05) is 18.2 Å². The molecule has 0 aliphatic rings. The molecule has 6 nitrogen and oxygen atoms in total. The summed E-state index contributed by atoms with van der Waals surface area (Å²) < 4.78 is 0. The van der Waals surface area contributed by atoms with E-state index in [4.69, 9.17) is 15.7 Å². The van der Waals surface area contributed by atoms with Gasteiger partial charge < -0.3 is 15.7 Å². The van der Waals surface area contributed by atoms with E-state index in [-0.39, 0.29) is 11.1 Å². The quantitative estimate of drug-likeness (QED) is 0.334. The van der Waals surface area contributed by atoms with Crippen LogP contribution < -0.4 is 0 Å². The fourth-order valence-corrected chi connectivity index (χ4v) is 1.33. The van der Waals surface area contributed by atoms with Gasteiger partial charge >= 0.3 is 11.9 Å². The number of aliphatic carboxylic acids is 2. The second kappa shape index (κ2) is 4.86. The summed E-state index contributed by atoms with van der Waals surface area (Å²) in [5.41, 5.74) is 8.70. The van der Waals surface area contributed by atoms with Crippen molar-refractivity contribution in [2.45, 2.75) is 5.92 Å². The van der Waals surface area contributed by atoms with E-state index >= 15 is 0 Å².